The van der Waals surface area contributed by atoms with Crippen LogP contribution in [0.2, 0.25) is 10.0 Å². The number of piperazine rings is 1. The first kappa shape index (κ1) is 28.7. The molecule has 2 atom stereocenters. The zero-order valence-electron chi connectivity index (χ0n) is 21.9. The minimum atomic E-state index is -0.250. The molecule has 1 fully saturated rings. The van der Waals surface area contributed by atoms with E-state index >= 15 is 4.39 Å². The highest BCUT2D eigenvalue weighted by molar-refractivity contribution is 6.35. The molecule has 5 nitrogen and oxygen atoms in total. The fraction of sp³-hybridized carbons (Fsp3) is 0.536. The average molecular weight is 539 g/mol. The van der Waals surface area contributed by atoms with E-state index in [9.17, 15) is 4.79 Å². The number of rotatable bonds is 10. The molecule has 0 radical (unpaired) electrons. The van der Waals surface area contributed by atoms with E-state index in [1.165, 1.54) is 6.07 Å². The molecule has 36 heavy (non-hydrogen) atoms. The Hall–Kier alpha value is -1.86. The lowest BCUT2D eigenvalue weighted by molar-refractivity contribution is -0.135. The molecule has 1 unspecified atom stereocenters. The lowest BCUT2D eigenvalue weighted by Crippen LogP contribution is -2.50. The lowest BCUT2D eigenvalue weighted by atomic mass is 9.96. The first-order valence-electron chi connectivity index (χ1n) is 12.6. The summed E-state index contributed by atoms with van der Waals surface area (Å²) in [6.45, 7) is 9.70. The van der Waals surface area contributed by atoms with Crippen molar-refractivity contribution >= 4 is 34.8 Å². The zero-order valence-corrected chi connectivity index (χ0v) is 23.4. The van der Waals surface area contributed by atoms with Gasteiger partial charge in [-0.05, 0) is 50.2 Å². The Morgan fingerprint density at radius 1 is 1.08 bits per heavy atom. The molecule has 2 aromatic rings. The van der Waals surface area contributed by atoms with Gasteiger partial charge in [0, 0.05) is 54.3 Å². The highest BCUT2D eigenvalue weighted by Crippen LogP contribution is 2.36. The average Bonchev–Trinajstić information content (AvgIpc) is 2.82. The highest BCUT2D eigenvalue weighted by atomic mass is 35.5. The summed E-state index contributed by atoms with van der Waals surface area (Å²) in [5.41, 5.74) is 2.37. The molecule has 1 aliphatic heterocycles. The van der Waals surface area contributed by atoms with Crippen molar-refractivity contribution < 1.29 is 13.9 Å². The van der Waals surface area contributed by atoms with E-state index in [1.54, 1.807) is 18.2 Å². The number of hydrogen-bond donors (Lipinski definition) is 0. The zero-order chi connectivity index (χ0) is 26.4. The largest absolute Gasteiger partial charge is 0.372 e. The summed E-state index contributed by atoms with van der Waals surface area (Å²) < 4.78 is 21.4. The van der Waals surface area contributed by atoms with Gasteiger partial charge < -0.3 is 19.4 Å². The molecule has 1 amide bonds. The molecule has 0 spiro atoms. The van der Waals surface area contributed by atoms with Crippen LogP contribution in [0.15, 0.2) is 36.4 Å². The first-order chi connectivity index (χ1) is 17.1. The predicted octanol–water partition coefficient (Wildman–Crippen LogP) is 5.94. The summed E-state index contributed by atoms with van der Waals surface area (Å²) in [7, 11) is 4.01. The fourth-order valence-electron chi connectivity index (χ4n) is 4.67. The second kappa shape index (κ2) is 13.1. The number of anilines is 1. The Morgan fingerprint density at radius 2 is 1.78 bits per heavy atom. The minimum absolute atomic E-state index is 0.0847. The Labute approximate surface area is 225 Å². The lowest BCUT2D eigenvalue weighted by Gasteiger charge is -2.39. The SMILES string of the molecule is CC(C)C(OCCN(C)C)c1cccc(F)c1N1CCN(C(=O)[C@H](C)Cc2ccc(Cl)cc2Cl)CC1. The van der Waals surface area contributed by atoms with Crippen molar-refractivity contribution in [1.82, 2.24) is 9.80 Å². The van der Waals surface area contributed by atoms with Crippen LogP contribution >= 0.6 is 23.2 Å². The van der Waals surface area contributed by atoms with E-state index < -0.39 is 0 Å². The van der Waals surface area contributed by atoms with E-state index in [0.717, 1.165) is 17.7 Å². The van der Waals surface area contributed by atoms with E-state index in [-0.39, 0.29) is 29.7 Å². The van der Waals surface area contributed by atoms with Gasteiger partial charge in [-0.15, -0.1) is 0 Å². The van der Waals surface area contributed by atoms with Crippen LogP contribution in [-0.2, 0) is 16.0 Å². The van der Waals surface area contributed by atoms with Gasteiger partial charge in [-0.1, -0.05) is 62.2 Å². The van der Waals surface area contributed by atoms with E-state index in [1.807, 2.05) is 38.1 Å². The van der Waals surface area contributed by atoms with Crippen LogP contribution in [0.5, 0.6) is 0 Å². The van der Waals surface area contributed by atoms with Crippen LogP contribution < -0.4 is 4.90 Å². The fourth-order valence-corrected chi connectivity index (χ4v) is 5.15. The topological polar surface area (TPSA) is 36.0 Å². The summed E-state index contributed by atoms with van der Waals surface area (Å²) in [4.78, 5) is 19.2. The predicted molar refractivity (Wildman–Crippen MR) is 147 cm³/mol. The van der Waals surface area contributed by atoms with Crippen molar-refractivity contribution in [3.63, 3.8) is 0 Å². The van der Waals surface area contributed by atoms with Crippen LogP contribution in [0.4, 0.5) is 10.1 Å². The molecule has 0 bridgehead atoms. The Kier molecular flexibility index (Phi) is 10.4. The van der Waals surface area contributed by atoms with Crippen molar-refractivity contribution in [2.24, 2.45) is 11.8 Å². The number of halogens is 3. The third-order valence-corrected chi connectivity index (χ3v) is 7.22. The Morgan fingerprint density at radius 3 is 2.39 bits per heavy atom. The third kappa shape index (κ3) is 7.34. The molecule has 1 aliphatic rings. The van der Waals surface area contributed by atoms with Crippen molar-refractivity contribution in [2.45, 2.75) is 33.3 Å². The molecular formula is C28H38Cl2FN3O2. The summed E-state index contributed by atoms with van der Waals surface area (Å²) in [6, 6.07) is 10.6. The van der Waals surface area contributed by atoms with Crippen LogP contribution in [0, 0.1) is 17.7 Å². The van der Waals surface area contributed by atoms with Crippen molar-refractivity contribution in [2.75, 3.05) is 58.3 Å². The maximum Gasteiger partial charge on any atom is 0.225 e. The molecule has 0 saturated carbocycles. The number of benzene rings is 2. The van der Waals surface area contributed by atoms with E-state index in [4.69, 9.17) is 27.9 Å². The minimum Gasteiger partial charge on any atom is -0.372 e. The second-order valence-corrected chi connectivity index (χ2v) is 11.0. The van der Waals surface area contributed by atoms with Crippen molar-refractivity contribution in [3.05, 3.63) is 63.4 Å². The number of hydrogen-bond acceptors (Lipinski definition) is 4. The Bertz CT molecular complexity index is 1030. The highest BCUT2D eigenvalue weighted by Gasteiger charge is 2.30. The summed E-state index contributed by atoms with van der Waals surface area (Å²) in [5.74, 6) is -0.188. The van der Waals surface area contributed by atoms with Gasteiger partial charge >= 0.3 is 0 Å². The third-order valence-electron chi connectivity index (χ3n) is 6.64. The molecule has 8 heteroatoms. The quantitative estimate of drug-likeness (QED) is 0.376. The summed E-state index contributed by atoms with van der Waals surface area (Å²) in [6.07, 6.45) is 0.340. The smallest absolute Gasteiger partial charge is 0.225 e. The second-order valence-electron chi connectivity index (χ2n) is 10.2. The molecule has 2 aromatic carbocycles. The molecule has 1 heterocycles. The van der Waals surface area contributed by atoms with Gasteiger partial charge in [0.05, 0.1) is 18.4 Å². The van der Waals surface area contributed by atoms with E-state index in [0.29, 0.717) is 54.9 Å². The molecule has 0 aliphatic carbocycles. The van der Waals surface area contributed by atoms with Crippen molar-refractivity contribution in [3.8, 4) is 0 Å². The normalized spacial score (nSPS) is 16.1. The number of likely N-dealkylation sites (N-methyl/N-ethyl adjacent to an activating group) is 1. The van der Waals surface area contributed by atoms with E-state index in [2.05, 4.69) is 23.6 Å². The monoisotopic (exact) mass is 537 g/mol. The summed E-state index contributed by atoms with van der Waals surface area (Å²) >= 11 is 12.3. The van der Waals surface area contributed by atoms with Crippen LogP contribution in [0.1, 0.15) is 38.0 Å². The number of para-hydroxylation sites is 1. The number of carbonyl (C=O) groups excluding carboxylic acids is 1. The molecule has 3 rings (SSSR count). The molecule has 198 valence electrons. The van der Waals surface area contributed by atoms with Gasteiger partial charge in [0.25, 0.3) is 0 Å². The van der Waals surface area contributed by atoms with Crippen molar-refractivity contribution in [1.29, 1.82) is 0 Å². The van der Waals surface area contributed by atoms with Gasteiger partial charge in [0.15, 0.2) is 0 Å². The molecule has 0 N–H and O–H groups in total. The molecular weight excluding hydrogens is 500 g/mol. The van der Waals surface area contributed by atoms with Gasteiger partial charge in [-0.2, -0.15) is 0 Å². The maximum absolute atomic E-state index is 15.2. The summed E-state index contributed by atoms with van der Waals surface area (Å²) in [5, 5.41) is 1.15. The van der Waals surface area contributed by atoms with Gasteiger partial charge in [0.2, 0.25) is 5.91 Å². The number of carbonyl (C=O) groups is 1. The van der Waals surface area contributed by atoms with Gasteiger partial charge in [-0.3, -0.25) is 4.79 Å². The number of ether oxygens (including phenoxy) is 1. The van der Waals surface area contributed by atoms with Crippen LogP contribution in [0.3, 0.4) is 0 Å². The first-order valence-corrected chi connectivity index (χ1v) is 13.4. The standard InChI is InChI=1S/C28H38Cl2FN3O2/c1-19(2)27(36-16-15-32(4)5)23-7-6-8-25(31)26(23)33-11-13-34(14-12-33)28(35)20(3)17-21-9-10-22(29)18-24(21)30/h6-10,18-20,27H,11-17H2,1-5H3/t20-,27?/m1/s1. The van der Waals surface area contributed by atoms with Crippen LogP contribution in [-0.4, -0.2) is 69.1 Å². The molecule has 0 aromatic heterocycles. The van der Waals surface area contributed by atoms with Gasteiger partial charge in [-0.25, -0.2) is 4.39 Å². The Balaban J connectivity index is 1.68. The maximum atomic E-state index is 15.2. The molecule has 1 saturated heterocycles. The number of nitrogens with zero attached hydrogens (tertiary/aromatic N) is 3. The number of amides is 1. The van der Waals surface area contributed by atoms with Gasteiger partial charge in [0.1, 0.15) is 5.82 Å². The van der Waals surface area contributed by atoms with Crippen LogP contribution in [0.25, 0.3) is 0 Å².